The van der Waals surface area contributed by atoms with E-state index in [1.165, 1.54) is 5.56 Å². The second-order valence-electron chi connectivity index (χ2n) is 8.14. The molecule has 0 spiro atoms. The van der Waals surface area contributed by atoms with E-state index in [0.717, 1.165) is 39.0 Å². The number of amides is 2. The van der Waals surface area contributed by atoms with Gasteiger partial charge in [-0.15, -0.1) is 0 Å². The monoisotopic (exact) mass is 357 g/mol. The number of rotatable bonds is 6. The lowest BCUT2D eigenvalue weighted by Crippen LogP contribution is -2.46. The lowest BCUT2D eigenvalue weighted by Gasteiger charge is -2.32. The fraction of sp³-hybridized carbons (Fsp3) is 0.619. The normalized spacial score (nSPS) is 22.2. The van der Waals surface area contributed by atoms with Gasteiger partial charge in [0.2, 0.25) is 11.8 Å². The van der Waals surface area contributed by atoms with E-state index in [9.17, 15) is 9.59 Å². The van der Waals surface area contributed by atoms with Crippen LogP contribution in [0.5, 0.6) is 0 Å². The molecule has 26 heavy (non-hydrogen) atoms. The number of hydrogen-bond acceptors (Lipinski definition) is 3. The van der Waals surface area contributed by atoms with E-state index in [0.29, 0.717) is 18.9 Å². The summed E-state index contributed by atoms with van der Waals surface area (Å²) in [5.74, 6) is 0.445. The Morgan fingerprint density at radius 1 is 1.19 bits per heavy atom. The maximum atomic E-state index is 12.6. The summed E-state index contributed by atoms with van der Waals surface area (Å²) in [6.45, 7) is 8.51. The Morgan fingerprint density at radius 2 is 1.88 bits per heavy atom. The number of hydrogen-bond donors (Lipinski definition) is 1. The Balaban J connectivity index is 1.42. The molecule has 1 N–H and O–H groups in total. The number of likely N-dealkylation sites (tertiary alicyclic amines) is 2. The smallest absolute Gasteiger partial charge is 0.225 e. The third-order valence-corrected chi connectivity index (χ3v) is 5.35. The molecule has 1 aromatic carbocycles. The lowest BCUT2D eigenvalue weighted by molar-refractivity contribution is -0.129. The van der Waals surface area contributed by atoms with E-state index >= 15 is 0 Å². The molecule has 2 heterocycles. The molecular weight excluding hydrogens is 326 g/mol. The maximum Gasteiger partial charge on any atom is 0.225 e. The fourth-order valence-corrected chi connectivity index (χ4v) is 3.96. The molecule has 1 aromatic rings. The summed E-state index contributed by atoms with van der Waals surface area (Å²) in [4.78, 5) is 28.9. The highest BCUT2D eigenvalue weighted by Crippen LogP contribution is 2.20. The highest BCUT2D eigenvalue weighted by molar-refractivity contribution is 5.89. The SMILES string of the molecule is CC(C)CN1C[C@@H](C(=O)NC2CCN(Cc3ccccc3)CC2)CC1=O. The van der Waals surface area contributed by atoms with Gasteiger partial charge in [-0.2, -0.15) is 0 Å². The predicted molar refractivity (Wildman–Crippen MR) is 102 cm³/mol. The van der Waals surface area contributed by atoms with Crippen LogP contribution < -0.4 is 5.32 Å². The minimum absolute atomic E-state index is 0.0612. The van der Waals surface area contributed by atoms with E-state index in [-0.39, 0.29) is 23.8 Å². The molecule has 2 aliphatic heterocycles. The average Bonchev–Trinajstić information content (AvgIpc) is 2.98. The van der Waals surface area contributed by atoms with Crippen LogP contribution in [-0.2, 0) is 16.1 Å². The van der Waals surface area contributed by atoms with Crippen molar-refractivity contribution in [3.63, 3.8) is 0 Å². The Labute approximate surface area is 156 Å². The molecule has 142 valence electrons. The third-order valence-electron chi connectivity index (χ3n) is 5.35. The van der Waals surface area contributed by atoms with Gasteiger partial charge in [0.05, 0.1) is 5.92 Å². The van der Waals surface area contributed by atoms with Crippen LogP contribution in [0.25, 0.3) is 0 Å². The maximum absolute atomic E-state index is 12.6. The molecular formula is C21H31N3O2. The van der Waals surface area contributed by atoms with E-state index < -0.39 is 0 Å². The summed E-state index contributed by atoms with van der Waals surface area (Å²) in [6.07, 6.45) is 2.33. The largest absolute Gasteiger partial charge is 0.353 e. The standard InChI is InChI=1S/C21H31N3O2/c1-16(2)13-24-15-18(12-20(24)25)21(26)22-19-8-10-23(11-9-19)14-17-6-4-3-5-7-17/h3-7,16,18-19H,8-15H2,1-2H3,(H,22,26)/t18-/m0/s1. The van der Waals surface area contributed by atoms with Gasteiger partial charge in [0.15, 0.2) is 0 Å². The van der Waals surface area contributed by atoms with Crippen molar-refractivity contribution < 1.29 is 9.59 Å². The van der Waals surface area contributed by atoms with Gasteiger partial charge < -0.3 is 10.2 Å². The van der Waals surface area contributed by atoms with Crippen molar-refractivity contribution in [3.8, 4) is 0 Å². The van der Waals surface area contributed by atoms with Gasteiger partial charge in [-0.3, -0.25) is 14.5 Å². The van der Waals surface area contributed by atoms with E-state index in [1.54, 1.807) is 0 Å². The van der Waals surface area contributed by atoms with E-state index in [2.05, 4.69) is 48.3 Å². The van der Waals surface area contributed by atoms with Crippen molar-refractivity contribution in [1.29, 1.82) is 0 Å². The molecule has 3 rings (SSSR count). The Kier molecular flexibility index (Phi) is 6.30. The molecule has 1 atom stereocenters. The van der Waals surface area contributed by atoms with Crippen LogP contribution in [0.1, 0.15) is 38.7 Å². The number of carbonyl (C=O) groups is 2. The molecule has 0 saturated carbocycles. The Bertz CT molecular complexity index is 609. The van der Waals surface area contributed by atoms with Gasteiger partial charge in [-0.05, 0) is 24.3 Å². The van der Waals surface area contributed by atoms with Gasteiger partial charge >= 0.3 is 0 Å². The highest BCUT2D eigenvalue weighted by atomic mass is 16.2. The first-order valence-electron chi connectivity index (χ1n) is 9.85. The van der Waals surface area contributed by atoms with Crippen molar-refractivity contribution in [2.75, 3.05) is 26.2 Å². The first-order valence-corrected chi connectivity index (χ1v) is 9.85. The molecule has 2 amide bonds. The van der Waals surface area contributed by atoms with Gasteiger partial charge in [0.25, 0.3) is 0 Å². The van der Waals surface area contributed by atoms with Crippen LogP contribution in [0.3, 0.4) is 0 Å². The second-order valence-corrected chi connectivity index (χ2v) is 8.14. The number of nitrogens with one attached hydrogen (secondary N) is 1. The summed E-state index contributed by atoms with van der Waals surface area (Å²) in [5, 5.41) is 3.20. The van der Waals surface area contributed by atoms with Crippen molar-refractivity contribution in [2.24, 2.45) is 11.8 Å². The molecule has 0 bridgehead atoms. The topological polar surface area (TPSA) is 52.7 Å². The fourth-order valence-electron chi connectivity index (χ4n) is 3.96. The Hall–Kier alpha value is -1.88. The third kappa shape index (κ3) is 5.07. The van der Waals surface area contributed by atoms with Crippen molar-refractivity contribution in [3.05, 3.63) is 35.9 Å². The molecule has 5 heteroatoms. The zero-order valence-corrected chi connectivity index (χ0v) is 16.0. The minimum Gasteiger partial charge on any atom is -0.353 e. The number of nitrogens with zero attached hydrogens (tertiary/aromatic N) is 2. The van der Waals surface area contributed by atoms with Gasteiger partial charge in [0.1, 0.15) is 0 Å². The summed E-state index contributed by atoms with van der Waals surface area (Å²) >= 11 is 0. The summed E-state index contributed by atoms with van der Waals surface area (Å²) in [7, 11) is 0. The number of benzene rings is 1. The minimum atomic E-state index is -0.177. The molecule has 0 radical (unpaired) electrons. The molecule has 2 saturated heterocycles. The van der Waals surface area contributed by atoms with Crippen LogP contribution in [0.4, 0.5) is 0 Å². The highest BCUT2D eigenvalue weighted by Gasteiger charge is 2.35. The van der Waals surface area contributed by atoms with Crippen LogP contribution in [-0.4, -0.2) is 53.8 Å². The lowest BCUT2D eigenvalue weighted by atomic mass is 10.0. The van der Waals surface area contributed by atoms with E-state index in [4.69, 9.17) is 0 Å². The first-order chi connectivity index (χ1) is 12.5. The van der Waals surface area contributed by atoms with Crippen LogP contribution in [0.15, 0.2) is 30.3 Å². The molecule has 0 aliphatic carbocycles. The summed E-state index contributed by atoms with van der Waals surface area (Å²) in [5.41, 5.74) is 1.34. The second kappa shape index (κ2) is 8.67. The van der Waals surface area contributed by atoms with Gasteiger partial charge in [-0.25, -0.2) is 0 Å². The van der Waals surface area contributed by atoms with Gasteiger partial charge in [-0.1, -0.05) is 44.2 Å². The summed E-state index contributed by atoms with van der Waals surface area (Å²) < 4.78 is 0. The zero-order chi connectivity index (χ0) is 18.5. The van der Waals surface area contributed by atoms with Crippen molar-refractivity contribution in [2.45, 2.75) is 45.7 Å². The molecule has 5 nitrogen and oxygen atoms in total. The van der Waals surface area contributed by atoms with Crippen LogP contribution >= 0.6 is 0 Å². The zero-order valence-electron chi connectivity index (χ0n) is 16.0. The average molecular weight is 357 g/mol. The predicted octanol–water partition coefficient (Wildman–Crippen LogP) is 2.27. The molecule has 0 unspecified atom stereocenters. The number of piperidine rings is 1. The van der Waals surface area contributed by atoms with E-state index in [1.807, 2.05) is 11.0 Å². The van der Waals surface area contributed by atoms with Gasteiger partial charge in [0, 0.05) is 45.2 Å². The molecule has 0 aromatic heterocycles. The van der Waals surface area contributed by atoms with Crippen molar-refractivity contribution >= 4 is 11.8 Å². The van der Waals surface area contributed by atoms with Crippen LogP contribution in [0, 0.1) is 11.8 Å². The number of carbonyl (C=O) groups excluding carboxylic acids is 2. The first kappa shape index (κ1) is 18.9. The molecule has 2 aliphatic rings. The quantitative estimate of drug-likeness (QED) is 0.850. The van der Waals surface area contributed by atoms with Crippen molar-refractivity contribution in [1.82, 2.24) is 15.1 Å². The Morgan fingerprint density at radius 3 is 2.54 bits per heavy atom. The van der Waals surface area contributed by atoms with Crippen LogP contribution in [0.2, 0.25) is 0 Å². The molecule has 2 fully saturated rings. The summed E-state index contributed by atoms with van der Waals surface area (Å²) in [6, 6.07) is 10.8.